The van der Waals surface area contributed by atoms with Crippen LogP contribution in [0.4, 0.5) is 0 Å². The van der Waals surface area contributed by atoms with Crippen molar-refractivity contribution >= 4 is 0 Å². The molecule has 0 saturated carbocycles. The maximum Gasteiger partial charge on any atom is 0.129 e. The van der Waals surface area contributed by atoms with Gasteiger partial charge in [-0.05, 0) is 31.5 Å². The van der Waals surface area contributed by atoms with E-state index in [1.165, 1.54) is 17.7 Å². The Bertz CT molecular complexity index is 351. The van der Waals surface area contributed by atoms with Gasteiger partial charge < -0.3 is 5.73 Å². The number of nitrogens with zero attached hydrogens (tertiary/aromatic N) is 3. The highest BCUT2D eigenvalue weighted by molar-refractivity contribution is 5.20. The molecule has 1 aromatic heterocycles. The fourth-order valence-electron chi connectivity index (χ4n) is 2.16. The molecule has 16 heavy (non-hydrogen) atoms. The van der Waals surface area contributed by atoms with Crippen LogP contribution in [0.1, 0.15) is 30.4 Å². The van der Waals surface area contributed by atoms with E-state index in [-0.39, 0.29) is 0 Å². The Hall–Kier alpha value is -1.00. The van der Waals surface area contributed by atoms with Crippen LogP contribution >= 0.6 is 0 Å². The maximum absolute atomic E-state index is 5.52. The highest BCUT2D eigenvalue weighted by Crippen LogP contribution is 2.16. The zero-order valence-corrected chi connectivity index (χ0v) is 9.95. The predicted octanol–water partition coefficient (Wildman–Crippen LogP) is 0.746. The fraction of sp³-hybridized carbons (Fsp3) is 0.667. The summed E-state index contributed by atoms with van der Waals surface area (Å²) < 4.78 is 0. The number of hydrogen-bond donors (Lipinski definition) is 1. The Morgan fingerprint density at radius 2 is 2.38 bits per heavy atom. The standard InChI is InChI=1S/C12H20N4/c1-2-6-16-7-4-10-8-14-12(3-5-13)15-11(10)9-16/h8H,2-7,9,13H2,1H3. The maximum atomic E-state index is 5.52. The monoisotopic (exact) mass is 220 g/mol. The molecule has 0 aromatic carbocycles. The largest absolute Gasteiger partial charge is 0.330 e. The molecular weight excluding hydrogens is 200 g/mol. The van der Waals surface area contributed by atoms with Crippen LogP contribution < -0.4 is 5.73 Å². The molecule has 0 unspecified atom stereocenters. The van der Waals surface area contributed by atoms with Gasteiger partial charge >= 0.3 is 0 Å². The Morgan fingerprint density at radius 3 is 3.12 bits per heavy atom. The van der Waals surface area contributed by atoms with Crippen LogP contribution in [0.25, 0.3) is 0 Å². The first-order valence-corrected chi connectivity index (χ1v) is 6.09. The first-order chi connectivity index (χ1) is 7.83. The van der Waals surface area contributed by atoms with Crippen LogP contribution in [0.15, 0.2) is 6.20 Å². The summed E-state index contributed by atoms with van der Waals surface area (Å²) in [6, 6.07) is 0. The van der Waals surface area contributed by atoms with Crippen LogP contribution in [-0.4, -0.2) is 34.5 Å². The second-order valence-corrected chi connectivity index (χ2v) is 4.32. The quantitative estimate of drug-likeness (QED) is 0.813. The van der Waals surface area contributed by atoms with Gasteiger partial charge in [0.1, 0.15) is 5.82 Å². The van der Waals surface area contributed by atoms with Gasteiger partial charge in [0.25, 0.3) is 0 Å². The summed E-state index contributed by atoms with van der Waals surface area (Å²) in [5.41, 5.74) is 8.04. The lowest BCUT2D eigenvalue weighted by molar-refractivity contribution is 0.250. The minimum atomic E-state index is 0.622. The third kappa shape index (κ3) is 2.57. The molecule has 0 fully saturated rings. The summed E-state index contributed by atoms with van der Waals surface area (Å²) in [5, 5.41) is 0. The normalized spacial score (nSPS) is 16.1. The summed E-state index contributed by atoms with van der Waals surface area (Å²) in [6.07, 6.45) is 5.05. The van der Waals surface area contributed by atoms with E-state index in [0.29, 0.717) is 6.54 Å². The van der Waals surface area contributed by atoms with E-state index in [2.05, 4.69) is 21.8 Å². The minimum absolute atomic E-state index is 0.622. The average molecular weight is 220 g/mol. The van der Waals surface area contributed by atoms with Crippen molar-refractivity contribution in [2.75, 3.05) is 19.6 Å². The Balaban J connectivity index is 2.12. The highest BCUT2D eigenvalue weighted by Gasteiger charge is 2.17. The molecule has 0 amide bonds. The third-order valence-corrected chi connectivity index (χ3v) is 2.98. The molecular formula is C12H20N4. The van der Waals surface area contributed by atoms with Gasteiger partial charge in [-0.3, -0.25) is 4.90 Å². The van der Waals surface area contributed by atoms with E-state index in [0.717, 1.165) is 38.3 Å². The van der Waals surface area contributed by atoms with Gasteiger partial charge in [-0.15, -0.1) is 0 Å². The van der Waals surface area contributed by atoms with E-state index in [1.807, 2.05) is 6.20 Å². The fourth-order valence-corrected chi connectivity index (χ4v) is 2.16. The molecule has 2 heterocycles. The molecule has 4 nitrogen and oxygen atoms in total. The molecule has 0 bridgehead atoms. The second kappa shape index (κ2) is 5.37. The summed E-state index contributed by atoms with van der Waals surface area (Å²) in [5.74, 6) is 0.889. The van der Waals surface area contributed by atoms with Crippen LogP contribution in [0.5, 0.6) is 0 Å². The van der Waals surface area contributed by atoms with Gasteiger partial charge in [0.2, 0.25) is 0 Å². The van der Waals surface area contributed by atoms with Gasteiger partial charge in [-0.1, -0.05) is 6.92 Å². The van der Waals surface area contributed by atoms with Gasteiger partial charge in [0.15, 0.2) is 0 Å². The van der Waals surface area contributed by atoms with Crippen LogP contribution in [0.2, 0.25) is 0 Å². The average Bonchev–Trinajstić information content (AvgIpc) is 2.29. The van der Waals surface area contributed by atoms with E-state index in [9.17, 15) is 0 Å². The molecule has 2 rings (SSSR count). The Kier molecular flexibility index (Phi) is 3.85. The van der Waals surface area contributed by atoms with Crippen molar-refractivity contribution in [2.45, 2.75) is 32.7 Å². The van der Waals surface area contributed by atoms with Gasteiger partial charge in [-0.2, -0.15) is 0 Å². The summed E-state index contributed by atoms with van der Waals surface area (Å²) in [6.45, 7) is 6.12. The van der Waals surface area contributed by atoms with Crippen LogP contribution in [0.3, 0.4) is 0 Å². The van der Waals surface area contributed by atoms with Crippen molar-refractivity contribution in [1.82, 2.24) is 14.9 Å². The summed E-state index contributed by atoms with van der Waals surface area (Å²) in [7, 11) is 0. The van der Waals surface area contributed by atoms with Crippen molar-refractivity contribution in [3.8, 4) is 0 Å². The topological polar surface area (TPSA) is 55.0 Å². The number of nitrogens with two attached hydrogens (primary N) is 1. The molecule has 0 saturated heterocycles. The SMILES string of the molecule is CCCN1CCc2cnc(CCN)nc2C1. The Labute approximate surface area is 96.9 Å². The number of fused-ring (bicyclic) bond motifs is 1. The minimum Gasteiger partial charge on any atom is -0.330 e. The summed E-state index contributed by atoms with van der Waals surface area (Å²) in [4.78, 5) is 11.4. The molecule has 1 aromatic rings. The second-order valence-electron chi connectivity index (χ2n) is 4.32. The molecule has 88 valence electrons. The van der Waals surface area contributed by atoms with Crippen molar-refractivity contribution in [1.29, 1.82) is 0 Å². The van der Waals surface area contributed by atoms with E-state index < -0.39 is 0 Å². The Morgan fingerprint density at radius 1 is 1.50 bits per heavy atom. The zero-order chi connectivity index (χ0) is 11.4. The van der Waals surface area contributed by atoms with Crippen molar-refractivity contribution in [3.63, 3.8) is 0 Å². The third-order valence-electron chi connectivity index (χ3n) is 2.98. The first-order valence-electron chi connectivity index (χ1n) is 6.09. The molecule has 0 radical (unpaired) electrons. The smallest absolute Gasteiger partial charge is 0.129 e. The lowest BCUT2D eigenvalue weighted by atomic mass is 10.1. The van der Waals surface area contributed by atoms with E-state index in [4.69, 9.17) is 5.73 Å². The molecule has 4 heteroatoms. The molecule has 0 spiro atoms. The highest BCUT2D eigenvalue weighted by atomic mass is 15.1. The van der Waals surface area contributed by atoms with Crippen LogP contribution in [-0.2, 0) is 19.4 Å². The van der Waals surface area contributed by atoms with Crippen molar-refractivity contribution < 1.29 is 0 Å². The number of hydrogen-bond acceptors (Lipinski definition) is 4. The zero-order valence-electron chi connectivity index (χ0n) is 9.95. The van der Waals surface area contributed by atoms with Crippen molar-refractivity contribution in [3.05, 3.63) is 23.3 Å². The van der Waals surface area contributed by atoms with E-state index >= 15 is 0 Å². The van der Waals surface area contributed by atoms with Crippen LogP contribution in [0, 0.1) is 0 Å². The number of aromatic nitrogens is 2. The van der Waals surface area contributed by atoms with Gasteiger partial charge in [0.05, 0.1) is 5.69 Å². The number of rotatable bonds is 4. The molecule has 0 atom stereocenters. The van der Waals surface area contributed by atoms with Crippen molar-refractivity contribution in [2.24, 2.45) is 5.73 Å². The van der Waals surface area contributed by atoms with Gasteiger partial charge in [-0.25, -0.2) is 9.97 Å². The first kappa shape index (κ1) is 11.5. The lowest BCUT2D eigenvalue weighted by Crippen LogP contribution is -2.32. The lowest BCUT2D eigenvalue weighted by Gasteiger charge is -2.27. The van der Waals surface area contributed by atoms with E-state index in [1.54, 1.807) is 0 Å². The summed E-state index contributed by atoms with van der Waals surface area (Å²) >= 11 is 0. The molecule has 1 aliphatic heterocycles. The van der Waals surface area contributed by atoms with Gasteiger partial charge in [0, 0.05) is 25.7 Å². The molecule has 1 aliphatic rings. The molecule has 2 N–H and O–H groups in total. The molecule has 0 aliphatic carbocycles. The predicted molar refractivity (Wildman–Crippen MR) is 64.1 cm³/mol.